The minimum atomic E-state index is 0.585. The van der Waals surface area contributed by atoms with Crippen LogP contribution in [0.2, 0.25) is 0 Å². The first kappa shape index (κ1) is 17.1. The molecule has 1 aromatic rings. The van der Waals surface area contributed by atoms with Crippen molar-refractivity contribution in [3.63, 3.8) is 0 Å². The average molecular weight is 281 g/mol. The zero-order chi connectivity index (χ0) is 15.1. The molecule has 0 amide bonds. The standard InChI is InChI=1S/C15H31N5/c1-12(2)10-20-15(17-11-18-20)9-16-7-8-19(13(3)4)14(5)6/h11-14,16H,7-10H2,1-6H3. The van der Waals surface area contributed by atoms with E-state index in [1.54, 1.807) is 6.33 Å². The van der Waals surface area contributed by atoms with Crippen molar-refractivity contribution in [2.45, 2.75) is 66.7 Å². The minimum absolute atomic E-state index is 0.585. The van der Waals surface area contributed by atoms with Crippen molar-refractivity contribution < 1.29 is 0 Å². The van der Waals surface area contributed by atoms with E-state index >= 15 is 0 Å². The Morgan fingerprint density at radius 2 is 1.80 bits per heavy atom. The van der Waals surface area contributed by atoms with E-state index in [4.69, 9.17) is 0 Å². The number of rotatable bonds is 9. The highest BCUT2D eigenvalue weighted by atomic mass is 15.3. The quantitative estimate of drug-likeness (QED) is 0.705. The lowest BCUT2D eigenvalue weighted by Crippen LogP contribution is -2.41. The van der Waals surface area contributed by atoms with Crippen molar-refractivity contribution in [1.29, 1.82) is 0 Å². The van der Waals surface area contributed by atoms with Gasteiger partial charge < -0.3 is 5.32 Å². The molecular weight excluding hydrogens is 250 g/mol. The molecule has 0 aromatic carbocycles. The second-order valence-electron chi connectivity index (χ2n) is 6.35. The fourth-order valence-electron chi connectivity index (χ4n) is 2.44. The molecule has 0 fully saturated rings. The van der Waals surface area contributed by atoms with Crippen molar-refractivity contribution in [3.8, 4) is 0 Å². The van der Waals surface area contributed by atoms with Gasteiger partial charge in [0.1, 0.15) is 12.2 Å². The zero-order valence-electron chi connectivity index (χ0n) is 13.9. The maximum atomic E-state index is 4.33. The molecule has 20 heavy (non-hydrogen) atoms. The van der Waals surface area contributed by atoms with E-state index in [1.165, 1.54) is 0 Å². The first-order valence-electron chi connectivity index (χ1n) is 7.75. The summed E-state index contributed by atoms with van der Waals surface area (Å²) in [5.74, 6) is 1.62. The van der Waals surface area contributed by atoms with Crippen LogP contribution in [-0.2, 0) is 13.1 Å². The van der Waals surface area contributed by atoms with Gasteiger partial charge in [0.15, 0.2) is 0 Å². The van der Waals surface area contributed by atoms with Crippen molar-refractivity contribution in [1.82, 2.24) is 25.0 Å². The lowest BCUT2D eigenvalue weighted by Gasteiger charge is -2.30. The van der Waals surface area contributed by atoms with E-state index in [9.17, 15) is 0 Å². The highest BCUT2D eigenvalue weighted by Crippen LogP contribution is 2.04. The minimum Gasteiger partial charge on any atom is -0.309 e. The molecule has 116 valence electrons. The Bertz CT molecular complexity index is 362. The molecule has 1 heterocycles. The van der Waals surface area contributed by atoms with Crippen molar-refractivity contribution in [2.24, 2.45) is 5.92 Å². The second kappa shape index (κ2) is 8.37. The predicted molar refractivity (Wildman–Crippen MR) is 83.5 cm³/mol. The highest BCUT2D eigenvalue weighted by molar-refractivity contribution is 4.84. The van der Waals surface area contributed by atoms with Gasteiger partial charge in [-0.15, -0.1) is 0 Å². The molecule has 5 nitrogen and oxygen atoms in total. The Kier molecular flexibility index (Phi) is 7.16. The van der Waals surface area contributed by atoms with Crippen LogP contribution in [0.15, 0.2) is 6.33 Å². The summed E-state index contributed by atoms with van der Waals surface area (Å²) in [7, 11) is 0. The molecule has 1 rings (SSSR count). The molecular formula is C15H31N5. The zero-order valence-corrected chi connectivity index (χ0v) is 13.9. The lowest BCUT2D eigenvalue weighted by molar-refractivity contribution is 0.175. The molecule has 0 saturated carbocycles. The summed E-state index contributed by atoms with van der Waals surface area (Å²) in [4.78, 5) is 6.82. The van der Waals surface area contributed by atoms with Crippen molar-refractivity contribution in [2.75, 3.05) is 13.1 Å². The first-order valence-corrected chi connectivity index (χ1v) is 7.75. The van der Waals surface area contributed by atoms with Crippen LogP contribution in [0.5, 0.6) is 0 Å². The second-order valence-corrected chi connectivity index (χ2v) is 6.35. The molecule has 0 atom stereocenters. The first-order chi connectivity index (χ1) is 9.41. The Balaban J connectivity index is 2.36. The number of aromatic nitrogens is 3. The SMILES string of the molecule is CC(C)Cn1ncnc1CNCCN(C(C)C)C(C)C. The Morgan fingerprint density at radius 1 is 1.15 bits per heavy atom. The van der Waals surface area contributed by atoms with Crippen LogP contribution < -0.4 is 5.32 Å². The summed E-state index contributed by atoms with van der Waals surface area (Å²) >= 11 is 0. The lowest BCUT2D eigenvalue weighted by atomic mass is 10.2. The smallest absolute Gasteiger partial charge is 0.140 e. The van der Waals surface area contributed by atoms with Gasteiger partial charge in [0.05, 0.1) is 6.54 Å². The van der Waals surface area contributed by atoms with Gasteiger partial charge in [0.25, 0.3) is 0 Å². The van der Waals surface area contributed by atoms with E-state index in [0.29, 0.717) is 18.0 Å². The molecule has 0 unspecified atom stereocenters. The molecule has 0 spiro atoms. The van der Waals surface area contributed by atoms with Crippen LogP contribution in [0, 0.1) is 5.92 Å². The van der Waals surface area contributed by atoms with Crippen LogP contribution in [-0.4, -0.2) is 44.8 Å². The van der Waals surface area contributed by atoms with Crippen molar-refractivity contribution in [3.05, 3.63) is 12.2 Å². The molecule has 0 aliphatic rings. The summed E-state index contributed by atoms with van der Waals surface area (Å²) in [5, 5.41) is 7.76. The van der Waals surface area contributed by atoms with E-state index < -0.39 is 0 Å². The third-order valence-corrected chi connectivity index (χ3v) is 3.39. The summed E-state index contributed by atoms with van der Waals surface area (Å²) in [6, 6.07) is 1.17. The van der Waals surface area contributed by atoms with Gasteiger partial charge in [0, 0.05) is 31.7 Å². The molecule has 1 aromatic heterocycles. The van der Waals surface area contributed by atoms with Gasteiger partial charge in [-0.2, -0.15) is 5.10 Å². The molecule has 0 saturated heterocycles. The van der Waals surface area contributed by atoms with E-state index in [-0.39, 0.29) is 0 Å². The molecule has 0 radical (unpaired) electrons. The fraction of sp³-hybridized carbons (Fsp3) is 0.867. The van der Waals surface area contributed by atoms with Crippen LogP contribution in [0.1, 0.15) is 47.4 Å². The van der Waals surface area contributed by atoms with E-state index in [0.717, 1.165) is 32.0 Å². The van der Waals surface area contributed by atoms with Gasteiger partial charge in [-0.25, -0.2) is 9.67 Å². The third kappa shape index (κ3) is 5.59. The highest BCUT2D eigenvalue weighted by Gasteiger charge is 2.12. The normalized spacial score (nSPS) is 12.3. The summed E-state index contributed by atoms with van der Waals surface area (Å²) < 4.78 is 2.00. The van der Waals surface area contributed by atoms with Crippen LogP contribution in [0.3, 0.4) is 0 Å². The average Bonchev–Trinajstić information content (AvgIpc) is 2.74. The Hall–Kier alpha value is -0.940. The Labute approximate surface area is 123 Å². The summed E-state index contributed by atoms with van der Waals surface area (Å²) in [6.45, 7) is 17.2. The number of nitrogens with one attached hydrogen (secondary N) is 1. The van der Waals surface area contributed by atoms with Gasteiger partial charge >= 0.3 is 0 Å². The molecule has 5 heteroatoms. The van der Waals surface area contributed by atoms with E-state index in [1.807, 2.05) is 4.68 Å². The van der Waals surface area contributed by atoms with Gasteiger partial charge in [-0.05, 0) is 33.6 Å². The van der Waals surface area contributed by atoms with Crippen LogP contribution in [0.4, 0.5) is 0 Å². The predicted octanol–water partition coefficient (Wildman–Crippen LogP) is 2.14. The Morgan fingerprint density at radius 3 is 2.35 bits per heavy atom. The fourth-order valence-corrected chi connectivity index (χ4v) is 2.44. The molecule has 0 aliphatic carbocycles. The number of hydrogen-bond acceptors (Lipinski definition) is 4. The number of hydrogen-bond donors (Lipinski definition) is 1. The monoisotopic (exact) mass is 281 g/mol. The topological polar surface area (TPSA) is 46.0 Å². The van der Waals surface area contributed by atoms with E-state index in [2.05, 4.69) is 61.8 Å². The van der Waals surface area contributed by atoms with Gasteiger partial charge in [-0.1, -0.05) is 13.8 Å². The number of nitrogens with zero attached hydrogens (tertiary/aromatic N) is 4. The maximum absolute atomic E-state index is 4.33. The van der Waals surface area contributed by atoms with Crippen LogP contribution >= 0.6 is 0 Å². The molecule has 1 N–H and O–H groups in total. The summed E-state index contributed by atoms with van der Waals surface area (Å²) in [6.07, 6.45) is 1.65. The van der Waals surface area contributed by atoms with Crippen LogP contribution in [0.25, 0.3) is 0 Å². The third-order valence-electron chi connectivity index (χ3n) is 3.39. The maximum Gasteiger partial charge on any atom is 0.140 e. The molecule has 0 aliphatic heterocycles. The van der Waals surface area contributed by atoms with Gasteiger partial charge in [-0.3, -0.25) is 4.90 Å². The summed E-state index contributed by atoms with van der Waals surface area (Å²) in [5.41, 5.74) is 0. The van der Waals surface area contributed by atoms with Crippen molar-refractivity contribution >= 4 is 0 Å². The van der Waals surface area contributed by atoms with Gasteiger partial charge in [0.2, 0.25) is 0 Å². The molecule has 0 bridgehead atoms. The largest absolute Gasteiger partial charge is 0.309 e.